The van der Waals surface area contributed by atoms with Gasteiger partial charge in [0.2, 0.25) is 0 Å². The number of anilines is 1. The van der Waals surface area contributed by atoms with E-state index in [-0.39, 0.29) is 5.56 Å². The second kappa shape index (κ2) is 6.62. The van der Waals surface area contributed by atoms with E-state index < -0.39 is 23.2 Å². The minimum absolute atomic E-state index is 0.0638. The fourth-order valence-corrected chi connectivity index (χ4v) is 2.13. The number of nitrogens with one attached hydrogen (secondary N) is 2. The molecule has 1 aliphatic heterocycles. The highest BCUT2D eigenvalue weighted by molar-refractivity contribution is 5.94. The van der Waals surface area contributed by atoms with Gasteiger partial charge in [-0.3, -0.25) is 10.6 Å². The van der Waals surface area contributed by atoms with Crippen molar-refractivity contribution in [3.63, 3.8) is 0 Å². The summed E-state index contributed by atoms with van der Waals surface area (Å²) in [6.45, 7) is 1.84. The Morgan fingerprint density at radius 3 is 2.45 bits per heavy atom. The molecule has 0 saturated carbocycles. The predicted molar refractivity (Wildman–Crippen MR) is 70.0 cm³/mol. The van der Waals surface area contributed by atoms with Gasteiger partial charge in [-0.15, -0.1) is 0 Å². The summed E-state index contributed by atoms with van der Waals surface area (Å²) < 4.78 is 32.2. The zero-order valence-electron chi connectivity index (χ0n) is 10.9. The molecule has 20 heavy (non-hydrogen) atoms. The van der Waals surface area contributed by atoms with Crippen LogP contribution in [0.4, 0.5) is 14.5 Å². The standard InChI is InChI=1S/C13H17F2N3O2/c14-10-5-9(6-11(15)12(10)18-16)13(19)17-7-8-1-3-20-4-2-8/h5-6,8,18H,1-4,7,16H2,(H,17,19). The smallest absolute Gasteiger partial charge is 0.251 e. The second-order valence-electron chi connectivity index (χ2n) is 4.73. The van der Waals surface area contributed by atoms with Crippen molar-refractivity contribution in [3.05, 3.63) is 29.3 Å². The molecule has 0 bridgehead atoms. The number of carbonyl (C=O) groups is 1. The SMILES string of the molecule is NNc1c(F)cc(C(=O)NCC2CCOCC2)cc1F. The molecule has 4 N–H and O–H groups in total. The third-order valence-electron chi connectivity index (χ3n) is 3.34. The number of amides is 1. The molecule has 5 nitrogen and oxygen atoms in total. The fraction of sp³-hybridized carbons (Fsp3) is 0.462. The van der Waals surface area contributed by atoms with Crippen LogP contribution in [0.3, 0.4) is 0 Å². The van der Waals surface area contributed by atoms with Crippen LogP contribution in [0.1, 0.15) is 23.2 Å². The molecule has 0 atom stereocenters. The second-order valence-corrected chi connectivity index (χ2v) is 4.73. The molecule has 0 spiro atoms. The summed E-state index contributed by atoms with van der Waals surface area (Å²) in [4.78, 5) is 11.9. The van der Waals surface area contributed by atoms with Crippen molar-refractivity contribution >= 4 is 11.6 Å². The van der Waals surface area contributed by atoms with Gasteiger partial charge in [-0.1, -0.05) is 0 Å². The molecule has 1 fully saturated rings. The number of rotatable bonds is 4. The first-order valence-corrected chi connectivity index (χ1v) is 6.43. The van der Waals surface area contributed by atoms with Gasteiger partial charge < -0.3 is 15.5 Å². The van der Waals surface area contributed by atoms with Gasteiger partial charge in [0.15, 0.2) is 11.6 Å². The van der Waals surface area contributed by atoms with Gasteiger partial charge in [-0.2, -0.15) is 0 Å². The molecule has 1 heterocycles. The van der Waals surface area contributed by atoms with Crippen LogP contribution in [0, 0.1) is 17.6 Å². The highest BCUT2D eigenvalue weighted by atomic mass is 19.1. The zero-order chi connectivity index (χ0) is 14.5. The van der Waals surface area contributed by atoms with E-state index in [0.29, 0.717) is 25.7 Å². The van der Waals surface area contributed by atoms with Crippen molar-refractivity contribution in [1.29, 1.82) is 0 Å². The van der Waals surface area contributed by atoms with Crippen LogP contribution in [0.15, 0.2) is 12.1 Å². The normalized spacial score (nSPS) is 15.9. The van der Waals surface area contributed by atoms with Crippen LogP contribution in [0.2, 0.25) is 0 Å². The van der Waals surface area contributed by atoms with Crippen LogP contribution in [-0.2, 0) is 4.74 Å². The number of carbonyl (C=O) groups excluding carboxylic acids is 1. The number of benzene rings is 1. The maximum Gasteiger partial charge on any atom is 0.251 e. The molecule has 1 aliphatic rings. The molecule has 110 valence electrons. The van der Waals surface area contributed by atoms with E-state index in [1.165, 1.54) is 0 Å². The monoisotopic (exact) mass is 285 g/mol. The summed E-state index contributed by atoms with van der Waals surface area (Å²) in [5.41, 5.74) is 1.40. The Kier molecular flexibility index (Phi) is 4.86. The number of nitrogens with two attached hydrogens (primary N) is 1. The highest BCUT2D eigenvalue weighted by Gasteiger charge is 2.17. The van der Waals surface area contributed by atoms with Crippen LogP contribution < -0.4 is 16.6 Å². The number of hydrazine groups is 1. The van der Waals surface area contributed by atoms with Gasteiger partial charge in [-0.05, 0) is 30.9 Å². The highest BCUT2D eigenvalue weighted by Crippen LogP contribution is 2.20. The van der Waals surface area contributed by atoms with Crippen LogP contribution in [0.5, 0.6) is 0 Å². The molecule has 2 rings (SSSR count). The van der Waals surface area contributed by atoms with Crippen molar-refractivity contribution < 1.29 is 18.3 Å². The van der Waals surface area contributed by atoms with Gasteiger partial charge >= 0.3 is 0 Å². The van der Waals surface area contributed by atoms with Gasteiger partial charge in [0, 0.05) is 25.3 Å². The Hall–Kier alpha value is -1.73. The number of halogens is 2. The number of hydrogen-bond donors (Lipinski definition) is 3. The van der Waals surface area contributed by atoms with E-state index in [4.69, 9.17) is 10.6 Å². The molecule has 1 aromatic carbocycles. The number of hydrogen-bond acceptors (Lipinski definition) is 4. The van der Waals surface area contributed by atoms with E-state index in [2.05, 4.69) is 5.32 Å². The number of ether oxygens (including phenoxy) is 1. The van der Waals surface area contributed by atoms with Crippen LogP contribution >= 0.6 is 0 Å². The van der Waals surface area contributed by atoms with Crippen molar-refractivity contribution in [3.8, 4) is 0 Å². The minimum atomic E-state index is -0.899. The topological polar surface area (TPSA) is 76.4 Å². The molecule has 0 unspecified atom stereocenters. The molecule has 1 amide bonds. The lowest BCUT2D eigenvalue weighted by Gasteiger charge is -2.22. The van der Waals surface area contributed by atoms with Gasteiger partial charge in [0.05, 0.1) is 0 Å². The molecule has 0 radical (unpaired) electrons. The van der Waals surface area contributed by atoms with E-state index >= 15 is 0 Å². The van der Waals surface area contributed by atoms with Crippen LogP contribution in [-0.4, -0.2) is 25.7 Å². The van der Waals surface area contributed by atoms with E-state index in [1.807, 2.05) is 5.43 Å². The van der Waals surface area contributed by atoms with Gasteiger partial charge in [0.1, 0.15) is 5.69 Å². The molecule has 1 saturated heterocycles. The maximum atomic E-state index is 13.5. The summed E-state index contributed by atoms with van der Waals surface area (Å²) in [6, 6.07) is 1.91. The Labute approximate surface area is 115 Å². The zero-order valence-corrected chi connectivity index (χ0v) is 10.9. The first-order chi connectivity index (χ1) is 9.61. The van der Waals surface area contributed by atoms with Crippen molar-refractivity contribution in [1.82, 2.24) is 5.32 Å². The van der Waals surface area contributed by atoms with Crippen LogP contribution in [0.25, 0.3) is 0 Å². The molecule has 1 aromatic rings. The largest absolute Gasteiger partial charge is 0.381 e. The minimum Gasteiger partial charge on any atom is -0.381 e. The summed E-state index contributed by atoms with van der Waals surface area (Å²) in [5.74, 6) is 3.03. The maximum absolute atomic E-state index is 13.5. The predicted octanol–water partition coefficient (Wildman–Crippen LogP) is 1.41. The molecular formula is C13H17F2N3O2. The lowest BCUT2D eigenvalue weighted by molar-refractivity contribution is 0.0642. The molecule has 7 heteroatoms. The lowest BCUT2D eigenvalue weighted by Crippen LogP contribution is -2.32. The summed E-state index contributed by atoms with van der Waals surface area (Å²) in [6.07, 6.45) is 1.75. The lowest BCUT2D eigenvalue weighted by atomic mass is 10.0. The first kappa shape index (κ1) is 14.7. The summed E-state index contributed by atoms with van der Waals surface area (Å²) in [7, 11) is 0. The average molecular weight is 285 g/mol. The van der Waals surface area contributed by atoms with Crippen molar-refractivity contribution in [2.45, 2.75) is 12.8 Å². The summed E-state index contributed by atoms with van der Waals surface area (Å²) >= 11 is 0. The first-order valence-electron chi connectivity index (χ1n) is 6.43. The van der Waals surface area contributed by atoms with E-state index in [0.717, 1.165) is 25.0 Å². The number of nitrogen functional groups attached to an aromatic ring is 1. The van der Waals surface area contributed by atoms with E-state index in [9.17, 15) is 13.6 Å². The van der Waals surface area contributed by atoms with E-state index in [1.54, 1.807) is 0 Å². The third kappa shape index (κ3) is 3.43. The fourth-order valence-electron chi connectivity index (χ4n) is 2.13. The molecular weight excluding hydrogens is 268 g/mol. The Morgan fingerprint density at radius 2 is 1.90 bits per heavy atom. The third-order valence-corrected chi connectivity index (χ3v) is 3.34. The van der Waals surface area contributed by atoms with Gasteiger partial charge in [-0.25, -0.2) is 8.78 Å². The van der Waals surface area contributed by atoms with Crippen molar-refractivity contribution in [2.24, 2.45) is 11.8 Å². The molecule has 0 aromatic heterocycles. The quantitative estimate of drug-likeness (QED) is 0.577. The summed E-state index contributed by atoms with van der Waals surface area (Å²) in [5, 5.41) is 2.68. The average Bonchev–Trinajstić information content (AvgIpc) is 2.45. The van der Waals surface area contributed by atoms with Gasteiger partial charge in [0.25, 0.3) is 5.91 Å². The molecule has 0 aliphatic carbocycles. The Bertz CT molecular complexity index is 467. The van der Waals surface area contributed by atoms with Crippen molar-refractivity contribution in [2.75, 3.05) is 25.2 Å². The Balaban J connectivity index is 1.98. The Morgan fingerprint density at radius 1 is 1.30 bits per heavy atom.